The zero-order chi connectivity index (χ0) is 19.6. The zero-order valence-corrected chi connectivity index (χ0v) is 17.3. The van der Waals surface area contributed by atoms with E-state index in [1.165, 1.54) is 0 Å². The van der Waals surface area contributed by atoms with Crippen molar-refractivity contribution in [2.75, 3.05) is 26.7 Å². The summed E-state index contributed by atoms with van der Waals surface area (Å²) in [6.45, 7) is 6.69. The first-order chi connectivity index (χ1) is 13.0. The highest BCUT2D eigenvalue weighted by Gasteiger charge is 2.09. The third-order valence-corrected chi connectivity index (χ3v) is 4.45. The molecule has 1 aromatic heterocycles. The summed E-state index contributed by atoms with van der Waals surface area (Å²) >= 11 is 5.99. The van der Waals surface area contributed by atoms with Crippen LogP contribution >= 0.6 is 11.6 Å². The average molecular weight is 393 g/mol. The molecule has 0 bridgehead atoms. The molecule has 7 nitrogen and oxygen atoms in total. The first-order valence-corrected chi connectivity index (χ1v) is 9.61. The van der Waals surface area contributed by atoms with Gasteiger partial charge in [-0.25, -0.2) is 4.99 Å². The minimum Gasteiger partial charge on any atom is -0.492 e. The molecule has 0 radical (unpaired) electrons. The first kappa shape index (κ1) is 21.0. The van der Waals surface area contributed by atoms with Crippen LogP contribution in [0.1, 0.15) is 31.4 Å². The summed E-state index contributed by atoms with van der Waals surface area (Å²) in [4.78, 5) is 6.77. The lowest BCUT2D eigenvalue weighted by molar-refractivity contribution is 0.281. The molecular formula is C19H29ClN6O. The molecule has 1 heterocycles. The Kier molecular flexibility index (Phi) is 8.39. The summed E-state index contributed by atoms with van der Waals surface area (Å²) in [6.07, 6.45) is 2.22. The highest BCUT2D eigenvalue weighted by molar-refractivity contribution is 6.30. The molecule has 0 aliphatic carbocycles. The Labute approximate surface area is 166 Å². The number of aryl methyl sites for hydroxylation is 1. The van der Waals surface area contributed by atoms with Gasteiger partial charge in [0.15, 0.2) is 11.8 Å². The molecule has 0 atom stereocenters. The maximum atomic E-state index is 5.99. The van der Waals surface area contributed by atoms with Crippen molar-refractivity contribution in [2.24, 2.45) is 12.0 Å². The molecule has 2 aromatic rings. The van der Waals surface area contributed by atoms with E-state index < -0.39 is 0 Å². The molecule has 0 amide bonds. The van der Waals surface area contributed by atoms with E-state index in [9.17, 15) is 0 Å². The van der Waals surface area contributed by atoms with E-state index in [1.54, 1.807) is 0 Å². The van der Waals surface area contributed by atoms with Gasteiger partial charge in [-0.1, -0.05) is 31.0 Å². The quantitative estimate of drug-likeness (QED) is 0.403. The number of likely N-dealkylation sites (N-methyl/N-ethyl adjacent to an activating group) is 1. The Bertz CT molecular complexity index is 746. The Balaban J connectivity index is 1.94. The summed E-state index contributed by atoms with van der Waals surface area (Å²) in [7, 11) is 3.95. The number of halogens is 1. The first-order valence-electron chi connectivity index (χ1n) is 9.24. The number of unbranched alkanes of at least 4 members (excludes halogenated alkanes) is 1. The topological polar surface area (TPSA) is 67.6 Å². The van der Waals surface area contributed by atoms with Gasteiger partial charge in [-0.15, -0.1) is 10.2 Å². The van der Waals surface area contributed by atoms with Gasteiger partial charge < -0.3 is 19.5 Å². The second-order valence-electron chi connectivity index (χ2n) is 6.37. The number of rotatable bonds is 9. The highest BCUT2D eigenvalue weighted by atomic mass is 35.5. The number of aromatic nitrogens is 3. The molecule has 0 unspecified atom stereocenters. The van der Waals surface area contributed by atoms with Crippen molar-refractivity contribution in [3.8, 4) is 5.75 Å². The number of guanidine groups is 1. The standard InChI is InChI=1S/C19H29ClN6O/c1-5-6-10-21-19(22-14-18-24-23-15(2)26(18)4)25(3)11-12-27-17-9-7-8-16(20)13-17/h7-9,13H,5-6,10-12,14H2,1-4H3,(H,21,22). The monoisotopic (exact) mass is 392 g/mol. The normalized spacial score (nSPS) is 11.5. The Morgan fingerprint density at radius 2 is 2.19 bits per heavy atom. The number of nitrogens with one attached hydrogen (secondary N) is 1. The Hall–Kier alpha value is -2.28. The Morgan fingerprint density at radius 1 is 1.37 bits per heavy atom. The minimum atomic E-state index is 0.477. The van der Waals surface area contributed by atoms with Crippen LogP contribution in [0, 0.1) is 6.92 Å². The molecule has 1 N–H and O–H groups in total. The number of ether oxygens (including phenoxy) is 1. The molecule has 0 spiro atoms. The number of nitrogens with zero attached hydrogens (tertiary/aromatic N) is 5. The lowest BCUT2D eigenvalue weighted by Gasteiger charge is -2.22. The zero-order valence-electron chi connectivity index (χ0n) is 16.6. The van der Waals surface area contributed by atoms with Crippen LogP contribution in [0.25, 0.3) is 0 Å². The van der Waals surface area contributed by atoms with E-state index >= 15 is 0 Å². The molecule has 2 rings (SSSR count). The molecule has 0 saturated heterocycles. The maximum absolute atomic E-state index is 5.99. The van der Waals surface area contributed by atoms with Crippen LogP contribution in [0.5, 0.6) is 5.75 Å². The van der Waals surface area contributed by atoms with E-state index in [2.05, 4.69) is 27.3 Å². The molecule has 27 heavy (non-hydrogen) atoms. The van der Waals surface area contributed by atoms with E-state index in [1.807, 2.05) is 49.9 Å². The summed E-state index contributed by atoms with van der Waals surface area (Å²) in [5, 5.41) is 12.3. The van der Waals surface area contributed by atoms with E-state index in [0.717, 1.165) is 42.7 Å². The van der Waals surface area contributed by atoms with Crippen molar-refractivity contribution < 1.29 is 4.74 Å². The predicted molar refractivity (Wildman–Crippen MR) is 109 cm³/mol. The highest BCUT2D eigenvalue weighted by Crippen LogP contribution is 2.16. The largest absolute Gasteiger partial charge is 0.492 e. The summed E-state index contributed by atoms with van der Waals surface area (Å²) in [5.74, 6) is 3.32. The second kappa shape index (κ2) is 10.8. The lowest BCUT2D eigenvalue weighted by atomic mass is 10.3. The van der Waals surface area contributed by atoms with E-state index in [4.69, 9.17) is 21.3 Å². The molecule has 0 aliphatic rings. The van der Waals surface area contributed by atoms with Gasteiger partial charge in [0.25, 0.3) is 0 Å². The fourth-order valence-corrected chi connectivity index (χ4v) is 2.57. The summed E-state index contributed by atoms with van der Waals surface area (Å²) in [5.41, 5.74) is 0. The third kappa shape index (κ3) is 6.75. The fourth-order valence-electron chi connectivity index (χ4n) is 2.39. The molecule has 148 valence electrons. The maximum Gasteiger partial charge on any atom is 0.194 e. The third-order valence-electron chi connectivity index (χ3n) is 4.22. The average Bonchev–Trinajstić information content (AvgIpc) is 2.96. The van der Waals surface area contributed by atoms with Gasteiger partial charge in [0.2, 0.25) is 0 Å². The fraction of sp³-hybridized carbons (Fsp3) is 0.526. The van der Waals surface area contributed by atoms with Gasteiger partial charge in [-0.2, -0.15) is 0 Å². The van der Waals surface area contributed by atoms with Crippen molar-refractivity contribution in [3.05, 3.63) is 40.9 Å². The van der Waals surface area contributed by atoms with Crippen LogP contribution in [0.3, 0.4) is 0 Å². The van der Waals surface area contributed by atoms with Gasteiger partial charge in [-0.3, -0.25) is 0 Å². The molecule has 1 aromatic carbocycles. The minimum absolute atomic E-state index is 0.477. The molecule has 0 aliphatic heterocycles. The van der Waals surface area contributed by atoms with Crippen LogP contribution in [0.4, 0.5) is 0 Å². The van der Waals surface area contributed by atoms with Crippen molar-refractivity contribution in [2.45, 2.75) is 33.2 Å². The van der Waals surface area contributed by atoms with E-state index in [0.29, 0.717) is 24.7 Å². The summed E-state index contributed by atoms with van der Waals surface area (Å²) < 4.78 is 7.74. The van der Waals surface area contributed by atoms with Crippen molar-refractivity contribution in [1.29, 1.82) is 0 Å². The van der Waals surface area contributed by atoms with Gasteiger partial charge in [-0.05, 0) is 31.5 Å². The smallest absolute Gasteiger partial charge is 0.194 e. The van der Waals surface area contributed by atoms with Gasteiger partial charge in [0.1, 0.15) is 24.7 Å². The van der Waals surface area contributed by atoms with Gasteiger partial charge >= 0.3 is 0 Å². The van der Waals surface area contributed by atoms with Crippen LogP contribution < -0.4 is 10.1 Å². The predicted octanol–water partition coefficient (Wildman–Crippen LogP) is 3.03. The number of hydrogen-bond acceptors (Lipinski definition) is 4. The molecule has 8 heteroatoms. The SMILES string of the molecule is CCCCNC(=NCc1nnc(C)n1C)N(C)CCOc1cccc(Cl)c1. The van der Waals surface area contributed by atoms with Crippen LogP contribution in [0.2, 0.25) is 5.02 Å². The van der Waals surface area contributed by atoms with Crippen molar-refractivity contribution in [3.63, 3.8) is 0 Å². The van der Waals surface area contributed by atoms with Gasteiger partial charge in [0.05, 0.1) is 6.54 Å². The number of hydrogen-bond donors (Lipinski definition) is 1. The van der Waals surface area contributed by atoms with Crippen molar-refractivity contribution in [1.82, 2.24) is 25.0 Å². The summed E-state index contributed by atoms with van der Waals surface area (Å²) in [6, 6.07) is 7.42. The molecule has 0 fully saturated rings. The van der Waals surface area contributed by atoms with Crippen LogP contribution in [-0.2, 0) is 13.6 Å². The van der Waals surface area contributed by atoms with Crippen LogP contribution in [0.15, 0.2) is 29.3 Å². The van der Waals surface area contributed by atoms with Gasteiger partial charge in [0, 0.05) is 25.7 Å². The Morgan fingerprint density at radius 3 is 2.85 bits per heavy atom. The van der Waals surface area contributed by atoms with Crippen molar-refractivity contribution >= 4 is 17.6 Å². The molecular weight excluding hydrogens is 364 g/mol. The van der Waals surface area contributed by atoms with E-state index in [-0.39, 0.29) is 0 Å². The number of benzene rings is 1. The van der Waals surface area contributed by atoms with Crippen LogP contribution in [-0.4, -0.2) is 52.4 Å². The number of aliphatic imine (C=N–C) groups is 1. The second-order valence-corrected chi connectivity index (χ2v) is 6.81. The molecule has 0 saturated carbocycles. The lowest BCUT2D eigenvalue weighted by Crippen LogP contribution is -2.41.